The molecule has 1 aliphatic heterocycles. The monoisotopic (exact) mass is 230 g/mol. The number of anilines is 1. The second kappa shape index (κ2) is 4.32. The van der Waals surface area contributed by atoms with Gasteiger partial charge in [-0.3, -0.25) is 4.79 Å². The first-order valence-electron chi connectivity index (χ1n) is 5.96. The molecule has 0 radical (unpaired) electrons. The van der Waals surface area contributed by atoms with Crippen molar-refractivity contribution in [3.8, 4) is 0 Å². The van der Waals surface area contributed by atoms with Crippen LogP contribution in [0.15, 0.2) is 29.4 Å². The van der Waals surface area contributed by atoms with Crippen molar-refractivity contribution in [2.24, 2.45) is 16.9 Å². The summed E-state index contributed by atoms with van der Waals surface area (Å²) in [6.45, 7) is 8.07. The Hall–Kier alpha value is -1.64. The first-order valence-corrected chi connectivity index (χ1v) is 5.96. The van der Waals surface area contributed by atoms with Gasteiger partial charge in [-0.05, 0) is 31.9 Å². The second-order valence-electron chi connectivity index (χ2n) is 4.95. The maximum atomic E-state index is 12.3. The molecule has 0 aromatic heterocycles. The van der Waals surface area contributed by atoms with Gasteiger partial charge in [-0.2, -0.15) is 5.10 Å². The fourth-order valence-electron chi connectivity index (χ4n) is 2.22. The zero-order valence-electron chi connectivity index (χ0n) is 10.8. The van der Waals surface area contributed by atoms with Gasteiger partial charge in [-0.15, -0.1) is 0 Å². The predicted molar refractivity (Wildman–Crippen MR) is 70.1 cm³/mol. The normalized spacial score (nSPS) is 20.1. The Morgan fingerprint density at radius 3 is 2.24 bits per heavy atom. The second-order valence-corrected chi connectivity index (χ2v) is 4.95. The molecule has 1 aromatic rings. The number of hydrogen-bond donors (Lipinski definition) is 0. The molecule has 1 heterocycles. The molecule has 90 valence electrons. The highest BCUT2D eigenvalue weighted by molar-refractivity contribution is 6.14. The van der Waals surface area contributed by atoms with Crippen molar-refractivity contribution >= 4 is 17.3 Å². The van der Waals surface area contributed by atoms with Crippen molar-refractivity contribution in [1.29, 1.82) is 0 Å². The van der Waals surface area contributed by atoms with Crippen LogP contribution in [-0.2, 0) is 4.79 Å². The summed E-state index contributed by atoms with van der Waals surface area (Å²) in [4.78, 5) is 12.3. The Labute approximate surface area is 102 Å². The lowest BCUT2D eigenvalue weighted by Crippen LogP contribution is -2.30. The van der Waals surface area contributed by atoms with Gasteiger partial charge in [-0.25, -0.2) is 5.01 Å². The molecular formula is C14H18N2O. The van der Waals surface area contributed by atoms with Gasteiger partial charge >= 0.3 is 0 Å². The summed E-state index contributed by atoms with van der Waals surface area (Å²) in [5.74, 6) is 0.305. The number of benzene rings is 1. The van der Waals surface area contributed by atoms with Crippen LogP contribution < -0.4 is 5.01 Å². The zero-order valence-corrected chi connectivity index (χ0v) is 10.8. The fourth-order valence-corrected chi connectivity index (χ4v) is 2.22. The number of carbonyl (C=O) groups is 1. The molecule has 3 heteroatoms. The molecule has 0 fully saturated rings. The van der Waals surface area contributed by atoms with E-state index in [2.05, 4.69) is 18.9 Å². The number of aryl methyl sites for hydroxylation is 1. The third kappa shape index (κ3) is 2.09. The Balaban J connectivity index is 2.31. The van der Waals surface area contributed by atoms with E-state index in [-0.39, 0.29) is 11.8 Å². The average molecular weight is 230 g/mol. The molecule has 0 saturated carbocycles. The molecule has 0 N–H and O–H groups in total. The number of amides is 1. The molecule has 1 aromatic carbocycles. The van der Waals surface area contributed by atoms with Crippen LogP contribution in [0.3, 0.4) is 0 Å². The van der Waals surface area contributed by atoms with Crippen LogP contribution >= 0.6 is 0 Å². The first kappa shape index (κ1) is 11.8. The van der Waals surface area contributed by atoms with Gasteiger partial charge in [0.05, 0.1) is 11.6 Å². The minimum atomic E-state index is -0.0729. The summed E-state index contributed by atoms with van der Waals surface area (Å²) in [5, 5.41) is 5.90. The van der Waals surface area contributed by atoms with E-state index in [4.69, 9.17) is 0 Å². The molecule has 1 amide bonds. The van der Waals surface area contributed by atoms with Crippen molar-refractivity contribution in [2.75, 3.05) is 5.01 Å². The number of carbonyl (C=O) groups excluding carboxylic acids is 1. The number of hydrogen-bond acceptors (Lipinski definition) is 2. The standard InChI is InChI=1S/C14H18N2O/c1-9(2)13-11(4)15-16(14(13)17)12-7-5-10(3)6-8-12/h5-9,13H,1-4H3. The van der Waals surface area contributed by atoms with E-state index in [1.165, 1.54) is 10.6 Å². The number of nitrogens with zero attached hydrogens (tertiary/aromatic N) is 2. The summed E-state index contributed by atoms with van der Waals surface area (Å²) in [6, 6.07) is 7.87. The topological polar surface area (TPSA) is 32.7 Å². The highest BCUT2D eigenvalue weighted by atomic mass is 16.2. The minimum Gasteiger partial charge on any atom is -0.272 e. The van der Waals surface area contributed by atoms with Gasteiger partial charge in [-0.1, -0.05) is 31.5 Å². The summed E-state index contributed by atoms with van der Waals surface area (Å²) in [5.41, 5.74) is 2.94. The molecule has 2 rings (SSSR count). The molecule has 0 saturated heterocycles. The third-order valence-electron chi connectivity index (χ3n) is 3.13. The number of hydrazone groups is 1. The largest absolute Gasteiger partial charge is 0.272 e. The smallest absolute Gasteiger partial charge is 0.256 e. The highest BCUT2D eigenvalue weighted by Gasteiger charge is 2.36. The van der Waals surface area contributed by atoms with Gasteiger partial charge in [0.2, 0.25) is 0 Å². The SMILES string of the molecule is CC1=NN(c2ccc(C)cc2)C(=O)C1C(C)C. The lowest BCUT2D eigenvalue weighted by atomic mass is 9.92. The van der Waals surface area contributed by atoms with Crippen LogP contribution in [0, 0.1) is 18.8 Å². The Morgan fingerprint density at radius 1 is 1.18 bits per heavy atom. The molecule has 1 atom stereocenters. The lowest BCUT2D eigenvalue weighted by Gasteiger charge is -2.16. The average Bonchev–Trinajstić information content (AvgIpc) is 2.55. The van der Waals surface area contributed by atoms with Crippen LogP contribution in [-0.4, -0.2) is 11.6 Å². The van der Waals surface area contributed by atoms with E-state index in [0.717, 1.165) is 11.4 Å². The fraction of sp³-hybridized carbons (Fsp3) is 0.429. The predicted octanol–water partition coefficient (Wildman–Crippen LogP) is 2.99. The molecule has 3 nitrogen and oxygen atoms in total. The van der Waals surface area contributed by atoms with Crippen LogP contribution in [0.4, 0.5) is 5.69 Å². The van der Waals surface area contributed by atoms with Gasteiger partial charge in [0.1, 0.15) is 0 Å². The molecule has 1 aliphatic rings. The molecule has 1 unspecified atom stereocenters. The van der Waals surface area contributed by atoms with E-state index in [1.807, 2.05) is 38.1 Å². The summed E-state index contributed by atoms with van der Waals surface area (Å²) in [7, 11) is 0. The van der Waals surface area contributed by atoms with Crippen molar-refractivity contribution < 1.29 is 4.79 Å². The lowest BCUT2D eigenvalue weighted by molar-refractivity contribution is -0.120. The molecule has 0 aliphatic carbocycles. The van der Waals surface area contributed by atoms with Crippen molar-refractivity contribution in [2.45, 2.75) is 27.7 Å². The number of rotatable bonds is 2. The molecule has 0 bridgehead atoms. The Kier molecular flexibility index (Phi) is 3.01. The van der Waals surface area contributed by atoms with Gasteiger partial charge < -0.3 is 0 Å². The molecule has 17 heavy (non-hydrogen) atoms. The Morgan fingerprint density at radius 2 is 1.76 bits per heavy atom. The van der Waals surface area contributed by atoms with E-state index < -0.39 is 0 Å². The van der Waals surface area contributed by atoms with E-state index >= 15 is 0 Å². The summed E-state index contributed by atoms with van der Waals surface area (Å²) in [6.07, 6.45) is 0. The maximum absolute atomic E-state index is 12.3. The summed E-state index contributed by atoms with van der Waals surface area (Å²) < 4.78 is 0. The van der Waals surface area contributed by atoms with Crippen molar-refractivity contribution in [3.05, 3.63) is 29.8 Å². The van der Waals surface area contributed by atoms with Crippen molar-refractivity contribution in [1.82, 2.24) is 0 Å². The maximum Gasteiger partial charge on any atom is 0.256 e. The van der Waals surface area contributed by atoms with Crippen molar-refractivity contribution in [3.63, 3.8) is 0 Å². The van der Waals surface area contributed by atoms with Crippen LogP contribution in [0.25, 0.3) is 0 Å². The van der Waals surface area contributed by atoms with Gasteiger partial charge in [0, 0.05) is 5.71 Å². The van der Waals surface area contributed by atoms with E-state index in [9.17, 15) is 4.79 Å². The van der Waals surface area contributed by atoms with Gasteiger partial charge in [0.25, 0.3) is 5.91 Å². The molecule has 0 spiro atoms. The molecular weight excluding hydrogens is 212 g/mol. The third-order valence-corrected chi connectivity index (χ3v) is 3.13. The summed E-state index contributed by atoms with van der Waals surface area (Å²) >= 11 is 0. The van der Waals surface area contributed by atoms with Crippen LogP contribution in [0.5, 0.6) is 0 Å². The van der Waals surface area contributed by atoms with E-state index in [1.54, 1.807) is 0 Å². The first-order chi connectivity index (χ1) is 8.00. The van der Waals surface area contributed by atoms with E-state index in [0.29, 0.717) is 5.92 Å². The minimum absolute atomic E-state index is 0.0729. The zero-order chi connectivity index (χ0) is 12.6. The highest BCUT2D eigenvalue weighted by Crippen LogP contribution is 2.27. The van der Waals surface area contributed by atoms with Crippen LogP contribution in [0.2, 0.25) is 0 Å². The van der Waals surface area contributed by atoms with Crippen LogP contribution in [0.1, 0.15) is 26.3 Å². The Bertz CT molecular complexity index is 460. The van der Waals surface area contributed by atoms with Gasteiger partial charge in [0.15, 0.2) is 0 Å². The quantitative estimate of drug-likeness (QED) is 0.768.